The summed E-state index contributed by atoms with van der Waals surface area (Å²) < 4.78 is 46.7. The lowest BCUT2D eigenvalue weighted by molar-refractivity contribution is -0.274. The summed E-state index contributed by atoms with van der Waals surface area (Å²) in [6.07, 6.45) is -3.74. The van der Waals surface area contributed by atoms with Gasteiger partial charge in [0, 0.05) is 43.9 Å². The number of halogens is 3. The molecule has 1 aromatic rings. The molecule has 24 heavy (non-hydrogen) atoms. The maximum Gasteiger partial charge on any atom is 0.573 e. The predicted octanol–water partition coefficient (Wildman–Crippen LogP) is 3.59. The zero-order valence-corrected chi connectivity index (χ0v) is 14.3. The molecule has 0 bridgehead atoms. The lowest BCUT2D eigenvalue weighted by atomic mass is 9.90. The fourth-order valence-electron chi connectivity index (χ4n) is 3.18. The summed E-state index contributed by atoms with van der Waals surface area (Å²) >= 11 is 0. The van der Waals surface area contributed by atoms with Crippen LogP contribution in [-0.2, 0) is 0 Å². The molecule has 0 aliphatic carbocycles. The van der Waals surface area contributed by atoms with Gasteiger partial charge in [0.2, 0.25) is 0 Å². The van der Waals surface area contributed by atoms with E-state index < -0.39 is 6.36 Å². The summed E-state index contributed by atoms with van der Waals surface area (Å²) in [6.45, 7) is 7.90. The highest BCUT2D eigenvalue weighted by Crippen LogP contribution is 2.39. The van der Waals surface area contributed by atoms with E-state index in [1.54, 1.807) is 6.07 Å². The standard InChI is InChI=1S/C17H25F3N2O2/c1-4-12(2)16(22-9-7-21-8-10-22)14-6-5-13(11-15(14)23-3)24-17(18,19)20/h5-6,11-12,16,21H,4,7-10H2,1-3H3/t12?,16-/m0/s1. The maximum absolute atomic E-state index is 12.4. The quantitative estimate of drug-likeness (QED) is 0.854. The van der Waals surface area contributed by atoms with E-state index in [2.05, 4.69) is 28.8 Å². The number of rotatable bonds is 6. The molecule has 1 unspecified atom stereocenters. The highest BCUT2D eigenvalue weighted by Gasteiger charge is 2.33. The van der Waals surface area contributed by atoms with E-state index in [1.807, 2.05) is 0 Å². The number of benzene rings is 1. The van der Waals surface area contributed by atoms with Crippen LogP contribution in [0.3, 0.4) is 0 Å². The Labute approximate surface area is 140 Å². The molecule has 2 rings (SSSR count). The zero-order chi connectivity index (χ0) is 17.7. The van der Waals surface area contributed by atoms with Gasteiger partial charge in [-0.05, 0) is 12.0 Å². The first-order chi connectivity index (χ1) is 11.4. The lowest BCUT2D eigenvalue weighted by Gasteiger charge is -2.39. The fraction of sp³-hybridized carbons (Fsp3) is 0.647. The molecule has 1 N–H and O–H groups in total. The molecular formula is C17H25F3N2O2. The van der Waals surface area contributed by atoms with Crippen molar-refractivity contribution in [1.29, 1.82) is 0 Å². The molecule has 1 fully saturated rings. The molecule has 1 aliphatic heterocycles. The largest absolute Gasteiger partial charge is 0.573 e. The molecule has 1 saturated heterocycles. The third-order valence-electron chi connectivity index (χ3n) is 4.49. The molecule has 2 atom stereocenters. The number of hydrogen-bond donors (Lipinski definition) is 1. The van der Waals surface area contributed by atoms with Crippen molar-refractivity contribution >= 4 is 0 Å². The van der Waals surface area contributed by atoms with Crippen LogP contribution in [0.4, 0.5) is 13.2 Å². The van der Waals surface area contributed by atoms with Crippen LogP contribution in [-0.4, -0.2) is 44.6 Å². The van der Waals surface area contributed by atoms with Gasteiger partial charge in [0.15, 0.2) is 0 Å². The van der Waals surface area contributed by atoms with Crippen LogP contribution in [0, 0.1) is 5.92 Å². The van der Waals surface area contributed by atoms with Gasteiger partial charge in [0.05, 0.1) is 7.11 Å². The van der Waals surface area contributed by atoms with E-state index in [9.17, 15) is 13.2 Å². The van der Waals surface area contributed by atoms with Crippen molar-refractivity contribution in [2.45, 2.75) is 32.7 Å². The molecule has 0 spiro atoms. The Kier molecular flexibility index (Phi) is 6.34. The van der Waals surface area contributed by atoms with Gasteiger partial charge < -0.3 is 14.8 Å². The first-order valence-electron chi connectivity index (χ1n) is 8.24. The highest BCUT2D eigenvalue weighted by atomic mass is 19.4. The minimum absolute atomic E-state index is 0.104. The van der Waals surface area contributed by atoms with Gasteiger partial charge in [-0.25, -0.2) is 0 Å². The van der Waals surface area contributed by atoms with Crippen molar-refractivity contribution in [3.8, 4) is 11.5 Å². The van der Waals surface area contributed by atoms with Crippen LogP contribution in [0.25, 0.3) is 0 Å². The Morgan fingerprint density at radius 1 is 1.25 bits per heavy atom. The van der Waals surface area contributed by atoms with Crippen LogP contribution < -0.4 is 14.8 Å². The SMILES string of the molecule is CCC(C)[C@@H](c1ccc(OC(F)(F)F)cc1OC)N1CCNCC1. The number of ether oxygens (including phenoxy) is 2. The molecule has 136 valence electrons. The van der Waals surface area contributed by atoms with Crippen molar-refractivity contribution < 1.29 is 22.6 Å². The Morgan fingerprint density at radius 3 is 2.46 bits per heavy atom. The number of methoxy groups -OCH3 is 1. The van der Waals surface area contributed by atoms with Crippen LogP contribution in [0.15, 0.2) is 18.2 Å². The molecule has 4 nitrogen and oxygen atoms in total. The summed E-state index contributed by atoms with van der Waals surface area (Å²) in [6, 6.07) is 4.48. The van der Waals surface area contributed by atoms with Gasteiger partial charge in [-0.3, -0.25) is 4.90 Å². The number of piperazine rings is 1. The van der Waals surface area contributed by atoms with Crippen molar-refractivity contribution in [2.75, 3.05) is 33.3 Å². The molecule has 0 amide bonds. The number of alkyl halides is 3. The molecule has 1 heterocycles. The van der Waals surface area contributed by atoms with Crippen LogP contribution in [0.2, 0.25) is 0 Å². The normalized spacial score (nSPS) is 18.9. The summed E-state index contributed by atoms with van der Waals surface area (Å²) in [4.78, 5) is 2.37. The number of hydrogen-bond acceptors (Lipinski definition) is 4. The van der Waals surface area contributed by atoms with Gasteiger partial charge in [0.25, 0.3) is 0 Å². The second kappa shape index (κ2) is 8.07. The first-order valence-corrected chi connectivity index (χ1v) is 8.24. The Hall–Kier alpha value is -1.47. The molecule has 7 heteroatoms. The van der Waals surface area contributed by atoms with Gasteiger partial charge in [-0.15, -0.1) is 13.2 Å². The van der Waals surface area contributed by atoms with Crippen LogP contribution in [0.1, 0.15) is 31.9 Å². The summed E-state index contributed by atoms with van der Waals surface area (Å²) in [5.74, 6) is 0.526. The first kappa shape index (κ1) is 18.9. The third kappa shape index (κ3) is 4.77. The molecule has 0 radical (unpaired) electrons. The van der Waals surface area contributed by atoms with E-state index in [4.69, 9.17) is 4.74 Å². The minimum Gasteiger partial charge on any atom is -0.496 e. The van der Waals surface area contributed by atoms with Crippen molar-refractivity contribution in [3.63, 3.8) is 0 Å². The van der Waals surface area contributed by atoms with Crippen molar-refractivity contribution in [2.24, 2.45) is 5.92 Å². The molecule has 0 aromatic heterocycles. The Bertz CT molecular complexity index is 531. The van der Waals surface area contributed by atoms with Gasteiger partial charge in [0.1, 0.15) is 11.5 Å². The monoisotopic (exact) mass is 346 g/mol. The number of nitrogens with one attached hydrogen (secondary N) is 1. The average molecular weight is 346 g/mol. The van der Waals surface area contributed by atoms with E-state index in [-0.39, 0.29) is 11.8 Å². The van der Waals surface area contributed by atoms with Gasteiger partial charge in [-0.1, -0.05) is 26.3 Å². The number of nitrogens with zero attached hydrogens (tertiary/aromatic N) is 1. The molecule has 0 saturated carbocycles. The predicted molar refractivity (Wildman–Crippen MR) is 86.3 cm³/mol. The smallest absolute Gasteiger partial charge is 0.496 e. The Morgan fingerprint density at radius 2 is 1.92 bits per heavy atom. The third-order valence-corrected chi connectivity index (χ3v) is 4.49. The van der Waals surface area contributed by atoms with E-state index in [1.165, 1.54) is 19.2 Å². The van der Waals surface area contributed by atoms with Crippen molar-refractivity contribution in [1.82, 2.24) is 10.2 Å². The van der Waals surface area contributed by atoms with Crippen molar-refractivity contribution in [3.05, 3.63) is 23.8 Å². The second-order valence-electron chi connectivity index (χ2n) is 6.07. The van der Waals surface area contributed by atoms with Gasteiger partial charge >= 0.3 is 6.36 Å². The second-order valence-corrected chi connectivity index (χ2v) is 6.07. The summed E-state index contributed by atoms with van der Waals surface area (Å²) in [5, 5.41) is 3.32. The Balaban J connectivity index is 2.34. The lowest BCUT2D eigenvalue weighted by Crippen LogP contribution is -2.46. The topological polar surface area (TPSA) is 33.7 Å². The minimum atomic E-state index is -4.71. The van der Waals surface area contributed by atoms with E-state index >= 15 is 0 Å². The van der Waals surface area contributed by atoms with E-state index in [0.29, 0.717) is 11.7 Å². The molecule has 1 aromatic carbocycles. The summed E-state index contributed by atoms with van der Waals surface area (Å²) in [5.41, 5.74) is 0.906. The van der Waals surface area contributed by atoms with Gasteiger partial charge in [-0.2, -0.15) is 0 Å². The molecule has 1 aliphatic rings. The summed E-state index contributed by atoms with van der Waals surface area (Å²) in [7, 11) is 1.47. The average Bonchev–Trinajstić information content (AvgIpc) is 2.55. The highest BCUT2D eigenvalue weighted by molar-refractivity contribution is 5.43. The fourth-order valence-corrected chi connectivity index (χ4v) is 3.18. The van der Waals surface area contributed by atoms with Crippen LogP contribution >= 0.6 is 0 Å². The van der Waals surface area contributed by atoms with E-state index in [0.717, 1.165) is 38.2 Å². The maximum atomic E-state index is 12.4. The molecular weight excluding hydrogens is 321 g/mol. The van der Waals surface area contributed by atoms with Crippen LogP contribution in [0.5, 0.6) is 11.5 Å². The zero-order valence-electron chi connectivity index (χ0n) is 14.3.